The zero-order valence-electron chi connectivity index (χ0n) is 21.1. The summed E-state index contributed by atoms with van der Waals surface area (Å²) in [7, 11) is 6.04. The molecule has 0 aliphatic carbocycles. The Morgan fingerprint density at radius 2 is 1.57 bits per heavy atom. The van der Waals surface area contributed by atoms with E-state index < -0.39 is 23.7 Å². The fourth-order valence-electron chi connectivity index (χ4n) is 4.65. The van der Waals surface area contributed by atoms with E-state index in [-0.39, 0.29) is 24.4 Å². The van der Waals surface area contributed by atoms with Crippen molar-refractivity contribution in [2.24, 2.45) is 5.92 Å². The third-order valence-corrected chi connectivity index (χ3v) is 6.45. The van der Waals surface area contributed by atoms with Gasteiger partial charge in [-0.15, -0.1) is 0 Å². The van der Waals surface area contributed by atoms with Gasteiger partial charge in [-0.2, -0.15) is 0 Å². The molecule has 9 heteroatoms. The molecule has 194 valence electrons. The number of ether oxygens (including phenoxy) is 4. The number of piperidine rings is 1. The van der Waals surface area contributed by atoms with E-state index in [2.05, 4.69) is 5.32 Å². The van der Waals surface area contributed by atoms with Crippen molar-refractivity contribution in [2.75, 3.05) is 38.7 Å². The lowest BCUT2D eigenvalue weighted by atomic mass is 9.83. The number of methoxy groups -OCH3 is 4. The molecule has 1 fully saturated rings. The number of nitrogens with zero attached hydrogens (tertiary/aromatic N) is 1. The largest absolute Gasteiger partial charge is 0.497 e. The Kier molecular flexibility index (Phi) is 7.81. The van der Waals surface area contributed by atoms with Crippen LogP contribution in [0.5, 0.6) is 23.0 Å². The number of hydrogen-bond donors (Lipinski definition) is 1. The van der Waals surface area contributed by atoms with Crippen molar-refractivity contribution in [3.05, 3.63) is 72.0 Å². The standard InChI is InChI=1S/C28H29FN2O6/c1-34-19-11-9-17(10-12-19)26-20(28(33)30-22-8-6-5-7-21(22)29)13-14-25(32)31(26)18-15-23(35-2)27(37-4)24(16-18)36-3/h5-12,15-16,20,26H,13-14H2,1-4H3,(H,30,33). The SMILES string of the molecule is COc1ccc(C2C(C(=O)Nc3ccccc3F)CCC(=O)N2c2cc(OC)c(OC)c(OC)c2)cc1. The zero-order chi connectivity index (χ0) is 26.5. The first-order chi connectivity index (χ1) is 17.9. The van der Waals surface area contributed by atoms with E-state index in [9.17, 15) is 14.0 Å². The number of benzene rings is 3. The fraction of sp³-hybridized carbons (Fsp3) is 0.286. The smallest absolute Gasteiger partial charge is 0.230 e. The summed E-state index contributed by atoms with van der Waals surface area (Å²) in [5.41, 5.74) is 1.28. The Morgan fingerprint density at radius 3 is 2.14 bits per heavy atom. The van der Waals surface area contributed by atoms with Gasteiger partial charge in [0.05, 0.1) is 51.8 Å². The first-order valence-corrected chi connectivity index (χ1v) is 11.7. The molecular weight excluding hydrogens is 479 g/mol. The average Bonchev–Trinajstić information content (AvgIpc) is 2.93. The molecule has 1 saturated heterocycles. The molecule has 0 spiro atoms. The second kappa shape index (κ2) is 11.2. The van der Waals surface area contributed by atoms with Crippen LogP contribution in [0, 0.1) is 11.7 Å². The van der Waals surface area contributed by atoms with Crippen LogP contribution in [0.15, 0.2) is 60.7 Å². The third-order valence-electron chi connectivity index (χ3n) is 6.45. The minimum atomic E-state index is -0.693. The maximum absolute atomic E-state index is 14.3. The molecule has 2 unspecified atom stereocenters. The highest BCUT2D eigenvalue weighted by atomic mass is 19.1. The number of nitrogens with one attached hydrogen (secondary N) is 1. The minimum absolute atomic E-state index is 0.0808. The molecule has 1 N–H and O–H groups in total. The fourth-order valence-corrected chi connectivity index (χ4v) is 4.65. The molecule has 3 aromatic carbocycles. The van der Waals surface area contributed by atoms with Crippen LogP contribution in [0.4, 0.5) is 15.8 Å². The Labute approximate surface area is 214 Å². The molecule has 1 aliphatic heterocycles. The predicted octanol–water partition coefficient (Wildman–Crippen LogP) is 4.98. The van der Waals surface area contributed by atoms with Crippen molar-refractivity contribution >= 4 is 23.2 Å². The van der Waals surface area contributed by atoms with Crippen molar-refractivity contribution in [2.45, 2.75) is 18.9 Å². The number of para-hydroxylation sites is 1. The molecule has 1 heterocycles. The number of carbonyl (C=O) groups excluding carboxylic acids is 2. The Hall–Kier alpha value is -4.27. The molecule has 4 rings (SSSR count). The van der Waals surface area contributed by atoms with Gasteiger partial charge in [-0.05, 0) is 36.2 Å². The minimum Gasteiger partial charge on any atom is -0.497 e. The van der Waals surface area contributed by atoms with E-state index in [4.69, 9.17) is 18.9 Å². The number of rotatable bonds is 8. The second-order valence-corrected chi connectivity index (χ2v) is 8.48. The topological polar surface area (TPSA) is 86.3 Å². The number of halogens is 1. The average molecular weight is 509 g/mol. The molecule has 37 heavy (non-hydrogen) atoms. The van der Waals surface area contributed by atoms with Crippen LogP contribution in [0.1, 0.15) is 24.4 Å². The van der Waals surface area contributed by atoms with Gasteiger partial charge in [-0.1, -0.05) is 24.3 Å². The van der Waals surface area contributed by atoms with Gasteiger partial charge >= 0.3 is 0 Å². The second-order valence-electron chi connectivity index (χ2n) is 8.48. The monoisotopic (exact) mass is 508 g/mol. The highest BCUT2D eigenvalue weighted by Crippen LogP contribution is 2.46. The van der Waals surface area contributed by atoms with Crippen molar-refractivity contribution in [3.8, 4) is 23.0 Å². The molecule has 0 radical (unpaired) electrons. The summed E-state index contributed by atoms with van der Waals surface area (Å²) in [4.78, 5) is 28.6. The maximum Gasteiger partial charge on any atom is 0.230 e. The highest BCUT2D eigenvalue weighted by Gasteiger charge is 2.42. The maximum atomic E-state index is 14.3. The van der Waals surface area contributed by atoms with Crippen molar-refractivity contribution in [1.82, 2.24) is 0 Å². The molecule has 8 nitrogen and oxygen atoms in total. The molecule has 2 atom stereocenters. The Balaban J connectivity index is 1.82. The highest BCUT2D eigenvalue weighted by molar-refractivity contribution is 6.00. The van der Waals surface area contributed by atoms with Gasteiger partial charge in [-0.3, -0.25) is 9.59 Å². The number of anilines is 2. The molecule has 2 amide bonds. The number of amides is 2. The van der Waals surface area contributed by atoms with Gasteiger partial charge in [0, 0.05) is 18.6 Å². The lowest BCUT2D eigenvalue weighted by molar-refractivity contribution is -0.126. The van der Waals surface area contributed by atoms with E-state index in [0.717, 1.165) is 5.56 Å². The van der Waals surface area contributed by atoms with Crippen molar-refractivity contribution in [1.29, 1.82) is 0 Å². The summed E-state index contributed by atoms with van der Waals surface area (Å²) < 4.78 is 36.1. The molecule has 3 aromatic rings. The van der Waals surface area contributed by atoms with Crippen LogP contribution >= 0.6 is 0 Å². The van der Waals surface area contributed by atoms with Gasteiger partial charge in [0.1, 0.15) is 11.6 Å². The summed E-state index contributed by atoms with van der Waals surface area (Å²) in [5, 5.41) is 2.71. The molecule has 0 saturated carbocycles. The Bertz CT molecular complexity index is 1250. The van der Waals surface area contributed by atoms with Gasteiger partial charge in [0.15, 0.2) is 11.5 Å². The first-order valence-electron chi connectivity index (χ1n) is 11.7. The lowest BCUT2D eigenvalue weighted by Crippen LogP contribution is -2.47. The molecular formula is C28H29FN2O6. The van der Waals surface area contributed by atoms with Gasteiger partial charge in [0.25, 0.3) is 0 Å². The van der Waals surface area contributed by atoms with Crippen LogP contribution < -0.4 is 29.2 Å². The van der Waals surface area contributed by atoms with Crippen molar-refractivity contribution in [3.63, 3.8) is 0 Å². The number of hydrogen-bond acceptors (Lipinski definition) is 6. The van der Waals surface area contributed by atoms with E-state index in [1.54, 1.807) is 48.4 Å². The summed E-state index contributed by atoms with van der Waals surface area (Å²) >= 11 is 0. The van der Waals surface area contributed by atoms with Crippen LogP contribution in [-0.2, 0) is 9.59 Å². The zero-order valence-corrected chi connectivity index (χ0v) is 21.1. The van der Waals surface area contributed by atoms with Gasteiger partial charge in [0.2, 0.25) is 17.6 Å². The molecule has 1 aliphatic rings. The summed E-state index contributed by atoms with van der Waals surface area (Å²) in [6.07, 6.45) is 0.412. The summed E-state index contributed by atoms with van der Waals surface area (Å²) in [6, 6.07) is 15.8. The van der Waals surface area contributed by atoms with Gasteiger partial charge in [-0.25, -0.2) is 4.39 Å². The Morgan fingerprint density at radius 1 is 0.919 bits per heavy atom. The van der Waals surface area contributed by atoms with E-state index >= 15 is 0 Å². The first kappa shape index (κ1) is 25.8. The normalized spacial score (nSPS) is 17.2. The lowest BCUT2D eigenvalue weighted by Gasteiger charge is -2.41. The van der Waals surface area contributed by atoms with Crippen molar-refractivity contribution < 1.29 is 32.9 Å². The van der Waals surface area contributed by atoms with Crippen LogP contribution in [-0.4, -0.2) is 40.3 Å². The predicted molar refractivity (Wildman–Crippen MR) is 137 cm³/mol. The third kappa shape index (κ3) is 5.16. The van der Waals surface area contributed by atoms with E-state index in [1.807, 2.05) is 12.1 Å². The van der Waals surface area contributed by atoms with Gasteiger partial charge < -0.3 is 29.2 Å². The summed E-state index contributed by atoms with van der Waals surface area (Å²) in [6.45, 7) is 0. The molecule has 0 aromatic heterocycles. The van der Waals surface area contributed by atoms with E-state index in [0.29, 0.717) is 28.7 Å². The van der Waals surface area contributed by atoms with E-state index in [1.165, 1.54) is 33.5 Å². The number of carbonyl (C=O) groups is 2. The summed E-state index contributed by atoms with van der Waals surface area (Å²) in [5.74, 6) is -0.0198. The van der Waals surface area contributed by atoms with Crippen LogP contribution in [0.2, 0.25) is 0 Å². The van der Waals surface area contributed by atoms with Crippen LogP contribution in [0.3, 0.4) is 0 Å². The molecule has 0 bridgehead atoms. The quantitative estimate of drug-likeness (QED) is 0.462. The van der Waals surface area contributed by atoms with Crippen LogP contribution in [0.25, 0.3) is 0 Å².